The molecule has 0 amide bonds. The lowest BCUT2D eigenvalue weighted by Gasteiger charge is -2.19. The maximum absolute atomic E-state index is 5.40. The van der Waals surface area contributed by atoms with Crippen molar-refractivity contribution in [1.29, 1.82) is 0 Å². The highest BCUT2D eigenvalue weighted by atomic mass is 79.9. The molecule has 0 spiro atoms. The maximum Gasteiger partial charge on any atom is 0.192 e. The average Bonchev–Trinajstić information content (AvgIpc) is 2.98. The molecule has 0 aliphatic heterocycles. The van der Waals surface area contributed by atoms with Gasteiger partial charge in [-0.05, 0) is 38.8 Å². The second kappa shape index (κ2) is 11.0. The van der Waals surface area contributed by atoms with Crippen LogP contribution in [0.3, 0.4) is 0 Å². The molecule has 1 heterocycles. The molecule has 0 saturated heterocycles. The summed E-state index contributed by atoms with van der Waals surface area (Å²) in [6, 6.07) is 8.28. The molecule has 7 nitrogen and oxygen atoms in total. The van der Waals surface area contributed by atoms with Gasteiger partial charge >= 0.3 is 0 Å². The van der Waals surface area contributed by atoms with Crippen LogP contribution in [0.5, 0.6) is 0 Å². The number of nitrogens with zero attached hydrogens (tertiary/aromatic N) is 4. The van der Waals surface area contributed by atoms with Gasteiger partial charge in [-0.1, -0.05) is 34.1 Å². The van der Waals surface area contributed by atoms with Crippen LogP contribution >= 0.6 is 15.9 Å². The van der Waals surface area contributed by atoms with E-state index < -0.39 is 0 Å². The number of ether oxygens (including phenoxy) is 1. The summed E-state index contributed by atoms with van der Waals surface area (Å²) < 4.78 is 8.43. The molecule has 0 aliphatic rings. The minimum absolute atomic E-state index is 0.0972. The fourth-order valence-corrected chi connectivity index (χ4v) is 3.15. The van der Waals surface area contributed by atoms with Gasteiger partial charge in [0.2, 0.25) is 0 Å². The van der Waals surface area contributed by atoms with E-state index >= 15 is 0 Å². The van der Waals surface area contributed by atoms with E-state index in [1.54, 1.807) is 0 Å². The van der Waals surface area contributed by atoms with Crippen LogP contribution < -0.4 is 10.6 Å². The lowest BCUT2D eigenvalue weighted by Crippen LogP contribution is -2.39. The van der Waals surface area contributed by atoms with Crippen molar-refractivity contribution < 1.29 is 4.74 Å². The molecule has 8 heteroatoms. The molecule has 2 N–H and O–H groups in total. The number of hydrogen-bond donors (Lipinski definition) is 2. The van der Waals surface area contributed by atoms with Gasteiger partial charge in [-0.3, -0.25) is 0 Å². The zero-order valence-corrected chi connectivity index (χ0v) is 18.1. The predicted molar refractivity (Wildman–Crippen MR) is 112 cm³/mol. The zero-order valence-electron chi connectivity index (χ0n) is 16.5. The van der Waals surface area contributed by atoms with E-state index in [0.29, 0.717) is 6.54 Å². The van der Waals surface area contributed by atoms with Crippen molar-refractivity contribution in [2.75, 3.05) is 19.8 Å². The van der Waals surface area contributed by atoms with E-state index in [4.69, 9.17) is 9.73 Å². The number of hydrogen-bond acceptors (Lipinski definition) is 4. The molecule has 1 unspecified atom stereocenters. The fraction of sp³-hybridized carbons (Fsp3) is 0.526. The first-order valence-corrected chi connectivity index (χ1v) is 10.0. The molecule has 0 aliphatic carbocycles. The summed E-state index contributed by atoms with van der Waals surface area (Å²) in [7, 11) is 1.95. The van der Waals surface area contributed by atoms with Crippen molar-refractivity contribution in [2.45, 2.75) is 39.8 Å². The average molecular weight is 437 g/mol. The first-order chi connectivity index (χ1) is 13.0. The predicted octanol–water partition coefficient (Wildman–Crippen LogP) is 3.11. The van der Waals surface area contributed by atoms with Crippen molar-refractivity contribution >= 4 is 21.9 Å². The summed E-state index contributed by atoms with van der Waals surface area (Å²) in [4.78, 5) is 4.70. The smallest absolute Gasteiger partial charge is 0.192 e. The summed E-state index contributed by atoms with van der Waals surface area (Å²) in [5, 5.41) is 15.1. The molecule has 0 radical (unpaired) electrons. The second-order valence-corrected chi connectivity index (χ2v) is 7.11. The van der Waals surface area contributed by atoms with E-state index in [2.05, 4.69) is 49.8 Å². The number of aromatic nitrogens is 3. The van der Waals surface area contributed by atoms with Crippen molar-refractivity contribution in [3.05, 3.63) is 46.0 Å². The van der Waals surface area contributed by atoms with Crippen molar-refractivity contribution in [1.82, 2.24) is 25.4 Å². The summed E-state index contributed by atoms with van der Waals surface area (Å²) in [5.74, 6) is 2.45. The number of aryl methyl sites for hydroxylation is 1. The Morgan fingerprint density at radius 1 is 1.33 bits per heavy atom. The first-order valence-electron chi connectivity index (χ1n) is 9.24. The number of halogens is 1. The Labute approximate surface area is 169 Å². The van der Waals surface area contributed by atoms with Gasteiger partial charge in [0, 0.05) is 31.3 Å². The van der Waals surface area contributed by atoms with Crippen LogP contribution in [0.25, 0.3) is 0 Å². The third-order valence-electron chi connectivity index (χ3n) is 4.25. The largest absolute Gasteiger partial charge is 0.382 e. The molecule has 148 valence electrons. The third-order valence-corrected chi connectivity index (χ3v) is 4.97. The van der Waals surface area contributed by atoms with E-state index in [9.17, 15) is 0 Å². The second-order valence-electron chi connectivity index (χ2n) is 6.25. The van der Waals surface area contributed by atoms with Crippen LogP contribution in [0, 0.1) is 6.92 Å². The van der Waals surface area contributed by atoms with Crippen LogP contribution in [0.15, 0.2) is 33.7 Å². The van der Waals surface area contributed by atoms with E-state index in [1.807, 2.05) is 43.7 Å². The Balaban J connectivity index is 2.05. The topological polar surface area (TPSA) is 76.4 Å². The highest BCUT2D eigenvalue weighted by Gasteiger charge is 2.11. The van der Waals surface area contributed by atoms with Gasteiger partial charge < -0.3 is 19.9 Å². The summed E-state index contributed by atoms with van der Waals surface area (Å²) in [6.45, 7) is 8.77. The molecule has 0 bridgehead atoms. The molecule has 2 rings (SSSR count). The van der Waals surface area contributed by atoms with Gasteiger partial charge in [0.05, 0.1) is 6.04 Å². The Kier molecular flexibility index (Phi) is 8.74. The summed E-state index contributed by atoms with van der Waals surface area (Å²) >= 11 is 3.62. The van der Waals surface area contributed by atoms with Gasteiger partial charge in [-0.25, -0.2) is 4.99 Å². The number of benzene rings is 1. The number of nitrogens with one attached hydrogen (secondary N) is 2. The molecule has 2 aromatic rings. The molecular weight excluding hydrogens is 408 g/mol. The highest BCUT2D eigenvalue weighted by Crippen LogP contribution is 2.22. The number of aliphatic imine (C=N–C) groups is 1. The highest BCUT2D eigenvalue weighted by molar-refractivity contribution is 9.10. The Bertz CT molecular complexity index is 746. The molecule has 0 saturated carbocycles. The lowest BCUT2D eigenvalue weighted by molar-refractivity contribution is 0.145. The Morgan fingerprint density at radius 2 is 2.11 bits per heavy atom. The van der Waals surface area contributed by atoms with Crippen LogP contribution in [0.2, 0.25) is 0 Å². The molecule has 27 heavy (non-hydrogen) atoms. The van der Waals surface area contributed by atoms with Crippen LogP contribution in [0.1, 0.15) is 43.5 Å². The number of guanidine groups is 1. The van der Waals surface area contributed by atoms with Crippen LogP contribution in [-0.2, 0) is 18.3 Å². The van der Waals surface area contributed by atoms with E-state index in [0.717, 1.165) is 48.3 Å². The first kappa shape index (κ1) is 21.4. The molecule has 1 atom stereocenters. The van der Waals surface area contributed by atoms with Crippen LogP contribution in [0.4, 0.5) is 0 Å². The van der Waals surface area contributed by atoms with Crippen molar-refractivity contribution in [3.63, 3.8) is 0 Å². The van der Waals surface area contributed by atoms with Gasteiger partial charge in [0.25, 0.3) is 0 Å². The van der Waals surface area contributed by atoms with Crippen molar-refractivity contribution in [2.24, 2.45) is 12.0 Å². The minimum Gasteiger partial charge on any atom is -0.382 e. The molecule has 0 fully saturated rings. The van der Waals surface area contributed by atoms with Gasteiger partial charge in [0.1, 0.15) is 12.4 Å². The quantitative estimate of drug-likeness (QED) is 0.358. The SMILES string of the molecule is CCOCCCNC(=NCc1nnc(C)n1C)NC(C)c1ccccc1Br. The van der Waals surface area contributed by atoms with Gasteiger partial charge in [0.15, 0.2) is 11.8 Å². The summed E-state index contributed by atoms with van der Waals surface area (Å²) in [6.07, 6.45) is 0.918. The maximum atomic E-state index is 5.40. The van der Waals surface area contributed by atoms with Crippen LogP contribution in [-0.4, -0.2) is 40.5 Å². The van der Waals surface area contributed by atoms with E-state index in [1.165, 1.54) is 5.56 Å². The Hall–Kier alpha value is -1.93. The Morgan fingerprint density at radius 3 is 2.78 bits per heavy atom. The number of rotatable bonds is 9. The van der Waals surface area contributed by atoms with Gasteiger partial charge in [-0.2, -0.15) is 0 Å². The summed E-state index contributed by atoms with van der Waals surface area (Å²) in [5.41, 5.74) is 1.18. The minimum atomic E-state index is 0.0972. The monoisotopic (exact) mass is 436 g/mol. The van der Waals surface area contributed by atoms with E-state index in [-0.39, 0.29) is 6.04 Å². The van der Waals surface area contributed by atoms with Crippen molar-refractivity contribution in [3.8, 4) is 0 Å². The van der Waals surface area contributed by atoms with Gasteiger partial charge in [-0.15, -0.1) is 10.2 Å². The fourth-order valence-electron chi connectivity index (χ4n) is 2.53. The lowest BCUT2D eigenvalue weighted by atomic mass is 10.1. The molecular formula is C19H29BrN6O. The molecule has 1 aromatic heterocycles. The molecule has 1 aromatic carbocycles. The third kappa shape index (κ3) is 6.62. The standard InChI is InChI=1S/C19H29BrN6O/c1-5-27-12-8-11-21-19(22-13-18-25-24-15(3)26(18)4)23-14(2)16-9-6-7-10-17(16)20/h6-7,9-10,14H,5,8,11-13H2,1-4H3,(H2,21,22,23). The normalized spacial score (nSPS) is 12.9. The zero-order chi connectivity index (χ0) is 19.6.